The molecule has 57 heavy (non-hydrogen) atoms. The number of amides is 1. The average Bonchev–Trinajstić information content (AvgIpc) is 3.20. The van der Waals surface area contributed by atoms with Gasteiger partial charge in [-0.05, 0) is 57.8 Å². The van der Waals surface area contributed by atoms with E-state index in [1.54, 1.807) is 0 Å². The number of aliphatic hydroxyl groups is 2. The Labute approximate surface area is 353 Å². The number of carbonyl (C=O) groups is 2. The van der Waals surface area contributed by atoms with Crippen LogP contribution >= 0.6 is 0 Å². The van der Waals surface area contributed by atoms with Crippen LogP contribution in [0.15, 0.2) is 36.5 Å². The van der Waals surface area contributed by atoms with Crippen molar-refractivity contribution >= 4 is 11.9 Å². The molecule has 0 aliphatic heterocycles. The lowest BCUT2D eigenvalue weighted by atomic mass is 10.0. The van der Waals surface area contributed by atoms with Crippen molar-refractivity contribution in [2.45, 2.75) is 270 Å². The van der Waals surface area contributed by atoms with Gasteiger partial charge in [-0.25, -0.2) is 0 Å². The SMILES string of the molecule is CC/C=C/C/C=C/C/C=C/CCCCC(CC(=O)NC(CO)C(O)CCCCCCCCCCCCCCC)OC(=O)CCCCCCCCCCCCCCC. The number of hydrogen-bond donors (Lipinski definition) is 3. The summed E-state index contributed by atoms with van der Waals surface area (Å²) in [7, 11) is 0. The lowest BCUT2D eigenvalue weighted by molar-refractivity contribution is -0.151. The molecule has 0 saturated carbocycles. The number of hydrogen-bond acceptors (Lipinski definition) is 5. The van der Waals surface area contributed by atoms with Crippen molar-refractivity contribution in [1.82, 2.24) is 5.32 Å². The molecule has 0 saturated heterocycles. The monoisotopic (exact) mass is 802 g/mol. The predicted octanol–water partition coefficient (Wildman–Crippen LogP) is 14.5. The minimum absolute atomic E-state index is 0.0550. The van der Waals surface area contributed by atoms with Crippen LogP contribution in [0.5, 0.6) is 0 Å². The first-order valence-electron chi connectivity index (χ1n) is 24.7. The topological polar surface area (TPSA) is 95.9 Å². The van der Waals surface area contributed by atoms with E-state index in [0.717, 1.165) is 77.0 Å². The van der Waals surface area contributed by atoms with Crippen molar-refractivity contribution in [2.24, 2.45) is 0 Å². The summed E-state index contributed by atoms with van der Waals surface area (Å²) >= 11 is 0. The van der Waals surface area contributed by atoms with Crippen LogP contribution in [0, 0.1) is 0 Å². The Bertz CT molecular complexity index is 946. The van der Waals surface area contributed by atoms with Gasteiger partial charge >= 0.3 is 5.97 Å². The molecule has 0 aromatic carbocycles. The second-order valence-electron chi connectivity index (χ2n) is 16.8. The summed E-state index contributed by atoms with van der Waals surface area (Å²) in [5.74, 6) is -0.504. The number of ether oxygens (including phenoxy) is 1. The van der Waals surface area contributed by atoms with Crippen molar-refractivity contribution < 1.29 is 24.5 Å². The first-order chi connectivity index (χ1) is 28.0. The number of aliphatic hydroxyl groups excluding tert-OH is 2. The molecule has 0 aromatic heterocycles. The van der Waals surface area contributed by atoms with Gasteiger partial charge in [0.2, 0.25) is 5.91 Å². The van der Waals surface area contributed by atoms with Crippen LogP contribution in [0.1, 0.15) is 252 Å². The summed E-state index contributed by atoms with van der Waals surface area (Å²) in [5, 5.41) is 23.7. The zero-order chi connectivity index (χ0) is 41.7. The zero-order valence-corrected chi connectivity index (χ0v) is 38.0. The van der Waals surface area contributed by atoms with E-state index in [1.165, 1.54) is 128 Å². The highest BCUT2D eigenvalue weighted by Gasteiger charge is 2.24. The van der Waals surface area contributed by atoms with Crippen LogP contribution in [0.3, 0.4) is 0 Å². The van der Waals surface area contributed by atoms with Gasteiger partial charge in [-0.15, -0.1) is 0 Å². The van der Waals surface area contributed by atoms with Gasteiger partial charge in [0.1, 0.15) is 6.10 Å². The van der Waals surface area contributed by atoms with E-state index >= 15 is 0 Å². The minimum Gasteiger partial charge on any atom is -0.462 e. The molecule has 0 aliphatic carbocycles. The molecule has 0 fully saturated rings. The quantitative estimate of drug-likeness (QED) is 0.0324. The van der Waals surface area contributed by atoms with E-state index in [2.05, 4.69) is 62.5 Å². The molecular weight excluding hydrogens is 707 g/mol. The van der Waals surface area contributed by atoms with Crippen molar-refractivity contribution in [3.05, 3.63) is 36.5 Å². The van der Waals surface area contributed by atoms with Crippen molar-refractivity contribution in [3.63, 3.8) is 0 Å². The Hall–Kier alpha value is -1.92. The molecule has 0 aliphatic rings. The fourth-order valence-electron chi connectivity index (χ4n) is 7.50. The molecule has 6 heteroatoms. The lowest BCUT2D eigenvalue weighted by Gasteiger charge is -2.24. The van der Waals surface area contributed by atoms with Gasteiger partial charge in [-0.3, -0.25) is 9.59 Å². The highest BCUT2D eigenvalue weighted by atomic mass is 16.5. The van der Waals surface area contributed by atoms with Gasteiger partial charge < -0.3 is 20.3 Å². The third-order valence-corrected chi connectivity index (χ3v) is 11.2. The third kappa shape index (κ3) is 40.6. The van der Waals surface area contributed by atoms with Gasteiger partial charge in [0.05, 0.1) is 25.2 Å². The number of esters is 1. The van der Waals surface area contributed by atoms with E-state index in [1.807, 2.05) is 0 Å². The maximum atomic E-state index is 13.2. The first kappa shape index (κ1) is 55.1. The van der Waals surface area contributed by atoms with Crippen LogP contribution in [-0.4, -0.2) is 46.9 Å². The van der Waals surface area contributed by atoms with E-state index in [4.69, 9.17) is 4.74 Å². The largest absolute Gasteiger partial charge is 0.462 e. The molecule has 3 atom stereocenters. The molecule has 0 bridgehead atoms. The third-order valence-electron chi connectivity index (χ3n) is 11.2. The zero-order valence-electron chi connectivity index (χ0n) is 38.0. The molecule has 334 valence electrons. The van der Waals surface area contributed by atoms with E-state index in [9.17, 15) is 19.8 Å². The van der Waals surface area contributed by atoms with Gasteiger partial charge in [0, 0.05) is 6.42 Å². The van der Waals surface area contributed by atoms with Gasteiger partial charge in [-0.1, -0.05) is 218 Å². The molecule has 3 N–H and O–H groups in total. The van der Waals surface area contributed by atoms with Crippen molar-refractivity contribution in [1.29, 1.82) is 0 Å². The van der Waals surface area contributed by atoms with Crippen molar-refractivity contribution in [3.8, 4) is 0 Å². The van der Waals surface area contributed by atoms with Crippen LogP contribution < -0.4 is 5.32 Å². The second-order valence-corrected chi connectivity index (χ2v) is 16.8. The predicted molar refractivity (Wildman–Crippen MR) is 246 cm³/mol. The molecule has 0 spiro atoms. The number of nitrogens with one attached hydrogen (secondary N) is 1. The Balaban J connectivity index is 4.59. The highest BCUT2D eigenvalue weighted by Crippen LogP contribution is 2.17. The fourth-order valence-corrected chi connectivity index (χ4v) is 7.50. The first-order valence-corrected chi connectivity index (χ1v) is 24.7. The van der Waals surface area contributed by atoms with Gasteiger partial charge in [0.25, 0.3) is 0 Å². The van der Waals surface area contributed by atoms with Crippen LogP contribution in [-0.2, 0) is 14.3 Å². The summed E-state index contributed by atoms with van der Waals surface area (Å²) in [4.78, 5) is 26.0. The Morgan fingerprint density at radius 3 is 1.42 bits per heavy atom. The highest BCUT2D eigenvalue weighted by molar-refractivity contribution is 5.77. The summed E-state index contributed by atoms with van der Waals surface area (Å²) in [6, 6.07) is -0.709. The molecular formula is C51H95NO5. The summed E-state index contributed by atoms with van der Waals surface area (Å²) in [5.41, 5.74) is 0. The van der Waals surface area contributed by atoms with Gasteiger partial charge in [-0.2, -0.15) is 0 Å². The number of allylic oxidation sites excluding steroid dienone is 6. The molecule has 0 rings (SSSR count). The van der Waals surface area contributed by atoms with E-state index < -0.39 is 18.2 Å². The Morgan fingerprint density at radius 2 is 0.947 bits per heavy atom. The fraction of sp³-hybridized carbons (Fsp3) is 0.843. The Kier molecular flexibility index (Phi) is 43.6. The molecule has 0 aromatic rings. The maximum absolute atomic E-state index is 13.2. The second kappa shape index (κ2) is 45.2. The minimum atomic E-state index is -0.794. The van der Waals surface area contributed by atoms with Crippen molar-refractivity contribution in [2.75, 3.05) is 6.61 Å². The number of carbonyl (C=O) groups excluding carboxylic acids is 2. The maximum Gasteiger partial charge on any atom is 0.306 e. The van der Waals surface area contributed by atoms with Gasteiger partial charge in [0.15, 0.2) is 0 Å². The molecule has 0 radical (unpaired) electrons. The normalized spacial score (nSPS) is 13.6. The molecule has 3 unspecified atom stereocenters. The molecule has 0 heterocycles. The average molecular weight is 802 g/mol. The van der Waals surface area contributed by atoms with E-state index in [-0.39, 0.29) is 24.9 Å². The summed E-state index contributed by atoms with van der Waals surface area (Å²) < 4.78 is 5.90. The number of rotatable bonds is 44. The smallest absolute Gasteiger partial charge is 0.306 e. The van der Waals surface area contributed by atoms with E-state index in [0.29, 0.717) is 19.3 Å². The molecule has 1 amide bonds. The van der Waals surface area contributed by atoms with Crippen LogP contribution in [0.25, 0.3) is 0 Å². The van der Waals surface area contributed by atoms with Crippen LogP contribution in [0.4, 0.5) is 0 Å². The summed E-state index contributed by atoms with van der Waals surface area (Å²) in [6.07, 6.45) is 52.0. The molecule has 6 nitrogen and oxygen atoms in total. The summed E-state index contributed by atoms with van der Waals surface area (Å²) in [6.45, 7) is 6.36. The standard InChI is InChI=1S/C51H95NO5/c1-4-7-10-13-16-19-22-25-28-31-34-37-40-43-49(54)48(46-53)52-50(55)45-47(42-39-36-33-30-27-24-21-18-15-12-9-6-3)57-51(56)44-41-38-35-32-29-26-23-20-17-14-11-8-5-2/h9,12,18,21,27,30,47-49,53-54H,4-8,10-11,13-17,19-20,22-26,28-29,31-46H2,1-3H3,(H,52,55)/b12-9+,21-18+,30-27+. The number of unbranched alkanes of at least 4 members (excludes halogenated alkanes) is 26. The Morgan fingerprint density at radius 1 is 0.526 bits per heavy atom. The lowest BCUT2D eigenvalue weighted by Crippen LogP contribution is -2.46. The van der Waals surface area contributed by atoms with Crippen LogP contribution in [0.2, 0.25) is 0 Å².